The van der Waals surface area contributed by atoms with Gasteiger partial charge in [0.2, 0.25) is 5.13 Å². The number of rotatable bonds is 5. The first kappa shape index (κ1) is 14.4. The van der Waals surface area contributed by atoms with Crippen molar-refractivity contribution in [1.82, 2.24) is 15.5 Å². The van der Waals surface area contributed by atoms with Crippen molar-refractivity contribution >= 4 is 42.4 Å². The van der Waals surface area contributed by atoms with Gasteiger partial charge in [-0.3, -0.25) is 4.72 Å². The van der Waals surface area contributed by atoms with Crippen molar-refractivity contribution in [3.8, 4) is 0 Å². The molecule has 0 atom stereocenters. The minimum Gasteiger partial charge on any atom is -0.451 e. The van der Waals surface area contributed by atoms with Gasteiger partial charge in [0, 0.05) is 6.07 Å². The first-order valence-electron chi connectivity index (χ1n) is 5.18. The number of anilines is 1. The van der Waals surface area contributed by atoms with Crippen LogP contribution >= 0.6 is 27.3 Å². The molecule has 0 aliphatic heterocycles. The highest BCUT2D eigenvalue weighted by atomic mass is 79.9. The SMILES string of the molecule is CNCc1cc(S(=O)(=O)Nc2nnc(C)s2)c(Br)o1. The molecule has 0 amide bonds. The first-order chi connectivity index (χ1) is 8.92. The van der Waals surface area contributed by atoms with Gasteiger partial charge in [0.05, 0.1) is 6.54 Å². The summed E-state index contributed by atoms with van der Waals surface area (Å²) in [5.41, 5.74) is 0. The van der Waals surface area contributed by atoms with Gasteiger partial charge in [-0.15, -0.1) is 10.2 Å². The molecule has 0 saturated heterocycles. The van der Waals surface area contributed by atoms with Crippen LogP contribution in [0.3, 0.4) is 0 Å². The molecule has 104 valence electrons. The summed E-state index contributed by atoms with van der Waals surface area (Å²) >= 11 is 4.26. The van der Waals surface area contributed by atoms with E-state index >= 15 is 0 Å². The third-order valence-corrected chi connectivity index (χ3v) is 5.17. The summed E-state index contributed by atoms with van der Waals surface area (Å²) in [6, 6.07) is 1.46. The number of halogens is 1. The van der Waals surface area contributed by atoms with Crippen LogP contribution < -0.4 is 10.0 Å². The van der Waals surface area contributed by atoms with E-state index in [0.717, 1.165) is 11.3 Å². The third kappa shape index (κ3) is 3.32. The Morgan fingerprint density at radius 1 is 1.47 bits per heavy atom. The molecule has 2 aromatic heterocycles. The van der Waals surface area contributed by atoms with E-state index in [1.54, 1.807) is 14.0 Å². The van der Waals surface area contributed by atoms with Gasteiger partial charge in [0.1, 0.15) is 15.7 Å². The Morgan fingerprint density at radius 2 is 2.21 bits per heavy atom. The fraction of sp³-hybridized carbons (Fsp3) is 0.333. The van der Waals surface area contributed by atoms with Crippen LogP contribution in [0.15, 0.2) is 20.0 Å². The number of hydrogen-bond donors (Lipinski definition) is 2. The lowest BCUT2D eigenvalue weighted by atomic mass is 10.4. The van der Waals surface area contributed by atoms with Crippen molar-refractivity contribution in [2.24, 2.45) is 0 Å². The second kappa shape index (κ2) is 5.57. The van der Waals surface area contributed by atoms with Crippen LogP contribution in [0.5, 0.6) is 0 Å². The van der Waals surface area contributed by atoms with Crippen molar-refractivity contribution in [2.75, 3.05) is 11.8 Å². The number of sulfonamides is 1. The molecule has 0 saturated carbocycles. The zero-order valence-electron chi connectivity index (χ0n) is 10.1. The van der Waals surface area contributed by atoms with Gasteiger partial charge in [-0.2, -0.15) is 0 Å². The normalized spacial score (nSPS) is 11.7. The van der Waals surface area contributed by atoms with Gasteiger partial charge in [0.15, 0.2) is 4.67 Å². The van der Waals surface area contributed by atoms with E-state index in [1.165, 1.54) is 6.07 Å². The van der Waals surface area contributed by atoms with Gasteiger partial charge in [-0.1, -0.05) is 11.3 Å². The van der Waals surface area contributed by atoms with Crippen molar-refractivity contribution in [2.45, 2.75) is 18.4 Å². The summed E-state index contributed by atoms with van der Waals surface area (Å²) in [5, 5.41) is 11.2. The molecule has 0 aliphatic carbocycles. The fourth-order valence-corrected chi connectivity index (χ4v) is 4.17. The Labute approximate surface area is 122 Å². The highest BCUT2D eigenvalue weighted by Crippen LogP contribution is 2.28. The van der Waals surface area contributed by atoms with Crippen molar-refractivity contribution < 1.29 is 12.8 Å². The minimum absolute atomic E-state index is 0.0330. The lowest BCUT2D eigenvalue weighted by Gasteiger charge is -2.01. The molecule has 0 radical (unpaired) electrons. The zero-order chi connectivity index (χ0) is 14.0. The third-order valence-electron chi connectivity index (χ3n) is 2.09. The number of aryl methyl sites for hydroxylation is 1. The molecule has 0 unspecified atom stereocenters. The number of furan rings is 1. The summed E-state index contributed by atoms with van der Waals surface area (Å²) in [6.07, 6.45) is 0. The molecule has 2 N–H and O–H groups in total. The largest absolute Gasteiger partial charge is 0.451 e. The van der Waals surface area contributed by atoms with Crippen LogP contribution in [0, 0.1) is 6.92 Å². The Morgan fingerprint density at radius 3 is 2.79 bits per heavy atom. The molecule has 10 heteroatoms. The summed E-state index contributed by atoms with van der Waals surface area (Å²) in [5.74, 6) is 0.517. The molecule has 7 nitrogen and oxygen atoms in total. The monoisotopic (exact) mass is 366 g/mol. The molecular weight excluding hydrogens is 356 g/mol. The Hall–Kier alpha value is -0.970. The topological polar surface area (TPSA) is 97.1 Å². The minimum atomic E-state index is -3.74. The van der Waals surface area contributed by atoms with E-state index in [0.29, 0.717) is 17.3 Å². The standard InChI is InChI=1S/C9H11BrN4O3S2/c1-5-12-13-9(18-5)14-19(15,16)7-3-6(4-11-2)17-8(7)10/h3,11H,4H2,1-2H3,(H,13,14). The highest BCUT2D eigenvalue weighted by molar-refractivity contribution is 9.10. The predicted molar refractivity (Wildman–Crippen MR) is 74.6 cm³/mol. The summed E-state index contributed by atoms with van der Waals surface area (Å²) in [4.78, 5) is 0.0330. The van der Waals surface area contributed by atoms with Gasteiger partial charge in [0.25, 0.3) is 10.0 Å². The zero-order valence-corrected chi connectivity index (χ0v) is 13.3. The summed E-state index contributed by atoms with van der Waals surface area (Å²) < 4.78 is 32.1. The molecular formula is C9H11BrN4O3S2. The second-order valence-electron chi connectivity index (χ2n) is 3.61. The molecule has 0 aliphatic rings. The van der Waals surface area contributed by atoms with Gasteiger partial charge >= 0.3 is 0 Å². The fourth-order valence-electron chi connectivity index (χ4n) is 1.35. The molecule has 2 aromatic rings. The van der Waals surface area contributed by atoms with E-state index in [2.05, 4.69) is 36.2 Å². The second-order valence-corrected chi connectivity index (χ2v) is 7.17. The smallest absolute Gasteiger partial charge is 0.268 e. The van der Waals surface area contributed by atoms with E-state index < -0.39 is 10.0 Å². The van der Waals surface area contributed by atoms with Crippen LogP contribution in [0.2, 0.25) is 0 Å². The van der Waals surface area contributed by atoms with Gasteiger partial charge in [-0.05, 0) is 29.9 Å². The molecule has 0 spiro atoms. The molecule has 0 fully saturated rings. The van der Waals surface area contributed by atoms with E-state index in [1.807, 2.05) is 0 Å². The molecule has 2 heterocycles. The highest BCUT2D eigenvalue weighted by Gasteiger charge is 2.23. The summed E-state index contributed by atoms with van der Waals surface area (Å²) in [6.45, 7) is 2.18. The average Bonchev–Trinajstić information content (AvgIpc) is 2.86. The van der Waals surface area contributed by atoms with Crippen molar-refractivity contribution in [3.63, 3.8) is 0 Å². The maximum absolute atomic E-state index is 12.2. The van der Waals surface area contributed by atoms with Crippen molar-refractivity contribution in [3.05, 3.63) is 21.5 Å². The van der Waals surface area contributed by atoms with E-state index in [9.17, 15) is 8.42 Å². The van der Waals surface area contributed by atoms with E-state index in [-0.39, 0.29) is 14.7 Å². The lowest BCUT2D eigenvalue weighted by Crippen LogP contribution is -2.12. The van der Waals surface area contributed by atoms with Crippen LogP contribution in [-0.2, 0) is 16.6 Å². The van der Waals surface area contributed by atoms with Gasteiger partial charge in [-0.25, -0.2) is 8.42 Å². The molecule has 0 bridgehead atoms. The Balaban J connectivity index is 2.28. The number of nitrogens with one attached hydrogen (secondary N) is 2. The van der Waals surface area contributed by atoms with Crippen LogP contribution in [0.25, 0.3) is 0 Å². The number of hydrogen-bond acceptors (Lipinski definition) is 7. The molecule has 19 heavy (non-hydrogen) atoms. The molecule has 2 rings (SSSR count). The quantitative estimate of drug-likeness (QED) is 0.835. The lowest BCUT2D eigenvalue weighted by molar-refractivity contribution is 0.470. The van der Waals surface area contributed by atoms with Crippen LogP contribution in [-0.4, -0.2) is 25.7 Å². The first-order valence-corrected chi connectivity index (χ1v) is 8.27. The Bertz CT molecular complexity index is 679. The van der Waals surface area contributed by atoms with E-state index in [4.69, 9.17) is 4.42 Å². The maximum atomic E-state index is 12.2. The van der Waals surface area contributed by atoms with Crippen LogP contribution in [0.1, 0.15) is 10.8 Å². The van der Waals surface area contributed by atoms with Crippen molar-refractivity contribution in [1.29, 1.82) is 0 Å². The molecule has 0 aromatic carbocycles. The summed E-state index contributed by atoms with van der Waals surface area (Å²) in [7, 11) is -2.00. The Kier molecular flexibility index (Phi) is 4.23. The van der Waals surface area contributed by atoms with Gasteiger partial charge < -0.3 is 9.73 Å². The maximum Gasteiger partial charge on any atom is 0.268 e. The average molecular weight is 367 g/mol. The number of nitrogens with zero attached hydrogens (tertiary/aromatic N) is 2. The van der Waals surface area contributed by atoms with Crippen LogP contribution in [0.4, 0.5) is 5.13 Å². The predicted octanol–water partition coefficient (Wildman–Crippen LogP) is 1.72. The number of aromatic nitrogens is 2.